The second-order valence-electron chi connectivity index (χ2n) is 4.40. The van der Waals surface area contributed by atoms with Crippen LogP contribution in [0.25, 0.3) is 0 Å². The number of nitro benzene ring substituents is 1. The van der Waals surface area contributed by atoms with E-state index >= 15 is 0 Å². The fourth-order valence-electron chi connectivity index (χ4n) is 1.97. The van der Waals surface area contributed by atoms with E-state index in [4.69, 9.17) is 4.74 Å². The lowest BCUT2D eigenvalue weighted by Crippen LogP contribution is -2.48. The van der Waals surface area contributed by atoms with Gasteiger partial charge in [0.25, 0.3) is 11.6 Å². The second kappa shape index (κ2) is 6.46. The van der Waals surface area contributed by atoms with Crippen LogP contribution in [0.2, 0.25) is 0 Å². The highest BCUT2D eigenvalue weighted by Gasteiger charge is 2.25. The molecule has 1 aromatic carbocycles. The first-order valence-corrected chi connectivity index (χ1v) is 6.32. The molecule has 0 unspecified atom stereocenters. The fourth-order valence-corrected chi connectivity index (χ4v) is 1.97. The average molecular weight is 298 g/mol. The number of ether oxygens (including phenoxy) is 1. The maximum absolute atomic E-state index is 13.6. The van der Waals surface area contributed by atoms with Gasteiger partial charge in [-0.05, 0) is 6.07 Å². The Morgan fingerprint density at radius 1 is 1.43 bits per heavy atom. The summed E-state index contributed by atoms with van der Waals surface area (Å²) in [7, 11) is 1.47. The first-order chi connectivity index (χ1) is 10.0. The van der Waals surface area contributed by atoms with Crippen LogP contribution in [0, 0.1) is 15.9 Å². The zero-order valence-electron chi connectivity index (χ0n) is 11.4. The largest absolute Gasteiger partial charge is 0.386 e. The molecular formula is C12H15FN4O4. The Bertz CT molecular complexity index is 560. The third-order valence-corrected chi connectivity index (χ3v) is 3.07. The van der Waals surface area contributed by atoms with Gasteiger partial charge in [0.05, 0.1) is 29.9 Å². The molecule has 0 bridgehead atoms. The lowest BCUT2D eigenvalue weighted by molar-refractivity contribution is -0.385. The number of rotatable bonds is 4. The van der Waals surface area contributed by atoms with E-state index in [1.807, 2.05) is 0 Å². The maximum atomic E-state index is 13.6. The summed E-state index contributed by atoms with van der Waals surface area (Å²) in [6, 6.07) is 1.86. The van der Waals surface area contributed by atoms with Crippen LogP contribution in [0.4, 0.5) is 15.8 Å². The van der Waals surface area contributed by atoms with E-state index in [1.165, 1.54) is 7.05 Å². The summed E-state index contributed by atoms with van der Waals surface area (Å²) in [5.41, 5.74) is 1.81. The van der Waals surface area contributed by atoms with Crippen molar-refractivity contribution in [1.82, 2.24) is 10.4 Å². The van der Waals surface area contributed by atoms with Gasteiger partial charge in [-0.2, -0.15) is 0 Å². The number of hydrogen-bond donors (Lipinski definition) is 2. The molecule has 0 aliphatic carbocycles. The van der Waals surface area contributed by atoms with Gasteiger partial charge in [0.15, 0.2) is 5.82 Å². The van der Waals surface area contributed by atoms with Crippen molar-refractivity contribution in [2.45, 2.75) is 0 Å². The highest BCUT2D eigenvalue weighted by molar-refractivity contribution is 5.98. The van der Waals surface area contributed by atoms with E-state index in [-0.39, 0.29) is 11.3 Å². The summed E-state index contributed by atoms with van der Waals surface area (Å²) in [4.78, 5) is 22.4. The van der Waals surface area contributed by atoms with Crippen molar-refractivity contribution in [3.63, 3.8) is 0 Å². The van der Waals surface area contributed by atoms with Crippen molar-refractivity contribution in [2.75, 3.05) is 38.7 Å². The van der Waals surface area contributed by atoms with Gasteiger partial charge < -0.3 is 10.1 Å². The third kappa shape index (κ3) is 3.44. The van der Waals surface area contributed by atoms with Crippen LogP contribution in [0.1, 0.15) is 10.4 Å². The molecular weight excluding hydrogens is 283 g/mol. The molecule has 0 saturated carbocycles. The quantitative estimate of drug-likeness (QED) is 0.629. The normalized spacial score (nSPS) is 15.5. The van der Waals surface area contributed by atoms with E-state index in [9.17, 15) is 19.3 Å². The van der Waals surface area contributed by atoms with Gasteiger partial charge in [0.1, 0.15) is 5.56 Å². The van der Waals surface area contributed by atoms with E-state index in [1.54, 1.807) is 5.01 Å². The molecule has 21 heavy (non-hydrogen) atoms. The number of hydrazine groups is 1. The van der Waals surface area contributed by atoms with Crippen molar-refractivity contribution >= 4 is 17.3 Å². The molecule has 2 rings (SSSR count). The van der Waals surface area contributed by atoms with E-state index in [2.05, 4.69) is 10.7 Å². The minimum absolute atomic E-state index is 0.0210. The number of carbonyl (C=O) groups is 1. The number of amides is 1. The summed E-state index contributed by atoms with van der Waals surface area (Å²) in [5, 5.41) is 15.1. The minimum Gasteiger partial charge on any atom is -0.386 e. The summed E-state index contributed by atoms with van der Waals surface area (Å²) in [6.07, 6.45) is 0. The molecule has 1 aliphatic rings. The van der Waals surface area contributed by atoms with Crippen molar-refractivity contribution in [2.24, 2.45) is 0 Å². The van der Waals surface area contributed by atoms with Gasteiger partial charge in [-0.3, -0.25) is 20.3 Å². The molecule has 2 N–H and O–H groups in total. The number of halogens is 1. The Morgan fingerprint density at radius 3 is 2.67 bits per heavy atom. The number of nitrogens with one attached hydrogen (secondary N) is 2. The van der Waals surface area contributed by atoms with Gasteiger partial charge in [-0.1, -0.05) is 0 Å². The topological polar surface area (TPSA) is 96.7 Å². The van der Waals surface area contributed by atoms with Crippen molar-refractivity contribution < 1.29 is 18.8 Å². The van der Waals surface area contributed by atoms with Crippen molar-refractivity contribution in [3.8, 4) is 0 Å². The van der Waals surface area contributed by atoms with E-state index in [0.29, 0.717) is 26.3 Å². The molecule has 114 valence electrons. The molecule has 9 heteroatoms. The zero-order valence-corrected chi connectivity index (χ0v) is 11.4. The number of anilines is 1. The van der Waals surface area contributed by atoms with Crippen LogP contribution in [-0.4, -0.2) is 49.2 Å². The van der Waals surface area contributed by atoms with Crippen molar-refractivity contribution in [3.05, 3.63) is 33.6 Å². The Hall–Kier alpha value is -2.26. The maximum Gasteiger partial charge on any atom is 0.285 e. The lowest BCUT2D eigenvalue weighted by Gasteiger charge is -2.26. The first-order valence-electron chi connectivity index (χ1n) is 6.32. The number of carbonyl (C=O) groups excluding carboxylic acids is 1. The number of hydrogen-bond acceptors (Lipinski definition) is 6. The van der Waals surface area contributed by atoms with Crippen LogP contribution in [0.15, 0.2) is 12.1 Å². The minimum atomic E-state index is -0.785. The van der Waals surface area contributed by atoms with Crippen LogP contribution >= 0.6 is 0 Å². The Kier molecular flexibility index (Phi) is 4.66. The highest BCUT2D eigenvalue weighted by Crippen LogP contribution is 2.26. The van der Waals surface area contributed by atoms with Crippen LogP contribution in [0.3, 0.4) is 0 Å². The molecule has 1 aliphatic heterocycles. The summed E-state index contributed by atoms with van der Waals surface area (Å²) in [5.74, 6) is -1.44. The molecule has 1 aromatic rings. The molecule has 1 amide bonds. The molecule has 8 nitrogen and oxygen atoms in total. The molecule has 1 fully saturated rings. The summed E-state index contributed by atoms with van der Waals surface area (Å²) >= 11 is 0. The Balaban J connectivity index is 2.27. The Morgan fingerprint density at radius 2 is 2.10 bits per heavy atom. The fraction of sp³-hybridized carbons (Fsp3) is 0.417. The second-order valence-corrected chi connectivity index (χ2v) is 4.40. The molecule has 0 atom stereocenters. The molecule has 1 saturated heterocycles. The number of nitrogens with zero attached hydrogens (tertiary/aromatic N) is 2. The van der Waals surface area contributed by atoms with Crippen LogP contribution in [0.5, 0.6) is 0 Å². The number of benzene rings is 1. The van der Waals surface area contributed by atoms with Crippen LogP contribution < -0.4 is 10.7 Å². The van der Waals surface area contributed by atoms with E-state index in [0.717, 1.165) is 12.1 Å². The molecule has 0 aromatic heterocycles. The first kappa shape index (κ1) is 15.1. The lowest BCUT2D eigenvalue weighted by atomic mass is 10.1. The highest BCUT2D eigenvalue weighted by atomic mass is 19.1. The summed E-state index contributed by atoms with van der Waals surface area (Å²) < 4.78 is 18.7. The average Bonchev–Trinajstić information content (AvgIpc) is 2.47. The monoisotopic (exact) mass is 298 g/mol. The van der Waals surface area contributed by atoms with Gasteiger partial charge >= 0.3 is 0 Å². The summed E-state index contributed by atoms with van der Waals surface area (Å²) in [6.45, 7) is 1.90. The smallest absolute Gasteiger partial charge is 0.285 e. The zero-order chi connectivity index (χ0) is 15.4. The number of morpholine rings is 1. The molecule has 0 spiro atoms. The molecule has 1 heterocycles. The van der Waals surface area contributed by atoms with Gasteiger partial charge in [0, 0.05) is 20.1 Å². The van der Waals surface area contributed by atoms with Crippen molar-refractivity contribution in [1.29, 1.82) is 0 Å². The Labute approximate surface area is 120 Å². The predicted molar refractivity (Wildman–Crippen MR) is 72.5 cm³/mol. The predicted octanol–water partition coefficient (Wildman–Crippen LogP) is 0.753. The number of nitro groups is 1. The van der Waals surface area contributed by atoms with Gasteiger partial charge in [0.2, 0.25) is 0 Å². The van der Waals surface area contributed by atoms with E-state index < -0.39 is 22.3 Å². The third-order valence-electron chi connectivity index (χ3n) is 3.07. The standard InChI is InChI=1S/C12H15FN4O4/c1-14-10-6-8(11(17(19)20)7-9(10)13)12(18)15-16-2-4-21-5-3-16/h6-7,14H,2-5H2,1H3,(H,15,18). The van der Waals surface area contributed by atoms with Gasteiger partial charge in [-0.25, -0.2) is 9.40 Å². The SMILES string of the molecule is CNc1cc(C(=O)NN2CCOCC2)c([N+](=O)[O-])cc1F. The van der Waals surface area contributed by atoms with Crippen LogP contribution in [-0.2, 0) is 4.74 Å². The molecule has 0 radical (unpaired) electrons. The van der Waals surface area contributed by atoms with Gasteiger partial charge in [-0.15, -0.1) is 0 Å².